The van der Waals surface area contributed by atoms with Crippen molar-refractivity contribution >= 4 is 33.2 Å². The third-order valence-corrected chi connectivity index (χ3v) is 5.87. The van der Waals surface area contributed by atoms with Crippen molar-refractivity contribution < 1.29 is 0 Å². The van der Waals surface area contributed by atoms with Gasteiger partial charge in [-0.3, -0.25) is 0 Å². The maximum absolute atomic E-state index is 5.99. The van der Waals surface area contributed by atoms with Gasteiger partial charge >= 0.3 is 0 Å². The normalized spacial score (nSPS) is 11.0. The Hall–Kier alpha value is -1.86. The predicted molar refractivity (Wildman–Crippen MR) is 123 cm³/mol. The van der Waals surface area contributed by atoms with Crippen molar-refractivity contribution in [3.8, 4) is 23.1 Å². The summed E-state index contributed by atoms with van der Waals surface area (Å²) in [6.07, 6.45) is 5.97. The zero-order valence-corrected chi connectivity index (χ0v) is 18.2. The molecule has 4 heteroatoms. The van der Waals surface area contributed by atoms with Crippen molar-refractivity contribution in [3.05, 3.63) is 53.1 Å². The molecule has 0 amide bonds. The van der Waals surface area contributed by atoms with Gasteiger partial charge in [0, 0.05) is 28.0 Å². The highest BCUT2D eigenvalue weighted by Crippen LogP contribution is 2.31. The van der Waals surface area contributed by atoms with Gasteiger partial charge in [0.2, 0.25) is 0 Å². The zero-order chi connectivity index (χ0) is 19.8. The minimum absolute atomic E-state index is 0.744. The van der Waals surface area contributed by atoms with Crippen LogP contribution in [0.3, 0.4) is 0 Å². The van der Waals surface area contributed by atoms with Crippen molar-refractivity contribution in [2.45, 2.75) is 39.0 Å². The number of aromatic nitrogens is 1. The molecule has 3 aromatic rings. The lowest BCUT2D eigenvalue weighted by molar-refractivity contribution is 0.322. The molecule has 2 aromatic carbocycles. The maximum atomic E-state index is 5.99. The van der Waals surface area contributed by atoms with Crippen LogP contribution < -0.4 is 0 Å². The van der Waals surface area contributed by atoms with Crippen LogP contribution in [-0.2, 0) is 0 Å². The number of unbranched alkanes of at least 4 members (excludes halogenated alkanes) is 3. The van der Waals surface area contributed by atoms with Gasteiger partial charge in [-0.15, -0.1) is 0 Å². The van der Waals surface area contributed by atoms with E-state index in [-0.39, 0.29) is 0 Å². The standard InChI is InChI=1S/C24H27ClN2S/c1-3-4-7-16-27(2)17-8-5-6-9-19-10-15-22-23(18-19)28-26-24(22)20-11-13-21(25)14-12-20/h10-15,18H,3-5,7-8,16-17H2,1-2H3. The molecule has 3 rings (SSSR count). The molecule has 0 fully saturated rings. The molecule has 0 unspecified atom stereocenters. The summed E-state index contributed by atoms with van der Waals surface area (Å²) in [5.74, 6) is 6.64. The van der Waals surface area contributed by atoms with Crippen LogP contribution in [0.4, 0.5) is 0 Å². The van der Waals surface area contributed by atoms with E-state index in [1.54, 1.807) is 0 Å². The Labute approximate surface area is 177 Å². The number of halogens is 1. The summed E-state index contributed by atoms with van der Waals surface area (Å²) in [6.45, 7) is 4.56. The highest BCUT2D eigenvalue weighted by atomic mass is 35.5. The van der Waals surface area contributed by atoms with E-state index >= 15 is 0 Å². The van der Waals surface area contributed by atoms with Crippen LogP contribution in [0.1, 0.15) is 44.6 Å². The van der Waals surface area contributed by atoms with Gasteiger partial charge in [-0.05, 0) is 68.8 Å². The van der Waals surface area contributed by atoms with Gasteiger partial charge in [-0.2, -0.15) is 4.37 Å². The number of fused-ring (bicyclic) bond motifs is 1. The van der Waals surface area contributed by atoms with Crippen molar-refractivity contribution in [3.63, 3.8) is 0 Å². The minimum Gasteiger partial charge on any atom is -0.306 e. The Balaban J connectivity index is 1.57. The molecule has 0 saturated heterocycles. The molecule has 0 aliphatic heterocycles. The first-order chi connectivity index (χ1) is 13.7. The Bertz CT molecular complexity index is 950. The molecular weight excluding hydrogens is 384 g/mol. The Morgan fingerprint density at radius 3 is 2.61 bits per heavy atom. The SMILES string of the molecule is CCCCCN(C)CCCC#Cc1ccc2c(-c3ccc(Cl)cc3)nsc2c1. The second-order valence-electron chi connectivity index (χ2n) is 7.16. The summed E-state index contributed by atoms with van der Waals surface area (Å²) < 4.78 is 5.81. The summed E-state index contributed by atoms with van der Waals surface area (Å²) in [5.41, 5.74) is 3.18. The zero-order valence-electron chi connectivity index (χ0n) is 16.7. The van der Waals surface area contributed by atoms with Crippen LogP contribution in [0, 0.1) is 11.8 Å². The van der Waals surface area contributed by atoms with Gasteiger partial charge in [0.05, 0.1) is 10.4 Å². The highest BCUT2D eigenvalue weighted by Gasteiger charge is 2.08. The summed E-state index contributed by atoms with van der Waals surface area (Å²) in [5, 5.41) is 1.92. The number of nitrogens with zero attached hydrogens (tertiary/aromatic N) is 2. The average Bonchev–Trinajstić information content (AvgIpc) is 3.12. The third kappa shape index (κ3) is 5.82. The molecule has 2 nitrogen and oxygen atoms in total. The van der Waals surface area contributed by atoms with Gasteiger partial charge in [0.1, 0.15) is 0 Å². The predicted octanol–water partition coefficient (Wildman–Crippen LogP) is 6.87. The summed E-state index contributed by atoms with van der Waals surface area (Å²) in [6, 6.07) is 14.2. The van der Waals surface area contributed by atoms with Crippen LogP contribution >= 0.6 is 23.1 Å². The second kappa shape index (κ2) is 10.6. The van der Waals surface area contributed by atoms with Gasteiger partial charge in [-0.1, -0.05) is 61.4 Å². The third-order valence-electron chi connectivity index (χ3n) is 4.81. The van der Waals surface area contributed by atoms with Gasteiger partial charge in [0.15, 0.2) is 0 Å². The molecule has 0 radical (unpaired) electrons. The van der Waals surface area contributed by atoms with Crippen LogP contribution in [0.5, 0.6) is 0 Å². The molecule has 0 spiro atoms. The summed E-state index contributed by atoms with van der Waals surface area (Å²) >= 11 is 7.52. The fourth-order valence-electron chi connectivity index (χ4n) is 3.18. The Morgan fingerprint density at radius 1 is 1.04 bits per heavy atom. The lowest BCUT2D eigenvalue weighted by Crippen LogP contribution is -2.20. The molecule has 28 heavy (non-hydrogen) atoms. The first-order valence-corrected chi connectivity index (χ1v) is 11.2. The highest BCUT2D eigenvalue weighted by molar-refractivity contribution is 7.13. The molecular formula is C24H27ClN2S. The maximum Gasteiger partial charge on any atom is 0.0919 e. The van der Waals surface area contributed by atoms with Crippen molar-refractivity contribution in [2.75, 3.05) is 20.1 Å². The second-order valence-corrected chi connectivity index (χ2v) is 8.41. The van der Waals surface area contributed by atoms with Crippen LogP contribution in [0.25, 0.3) is 21.3 Å². The fourth-order valence-corrected chi connectivity index (χ4v) is 4.14. The number of hydrogen-bond donors (Lipinski definition) is 0. The van der Waals surface area contributed by atoms with E-state index in [1.807, 2.05) is 24.3 Å². The van der Waals surface area contributed by atoms with Crippen molar-refractivity contribution in [1.82, 2.24) is 9.27 Å². The van der Waals surface area contributed by atoms with E-state index in [2.05, 4.69) is 53.3 Å². The lowest BCUT2D eigenvalue weighted by atomic mass is 10.1. The van der Waals surface area contributed by atoms with E-state index in [9.17, 15) is 0 Å². The fraction of sp³-hybridized carbons (Fsp3) is 0.375. The van der Waals surface area contributed by atoms with E-state index in [0.29, 0.717) is 0 Å². The molecule has 146 valence electrons. The monoisotopic (exact) mass is 410 g/mol. The quantitative estimate of drug-likeness (QED) is 0.297. The van der Waals surface area contributed by atoms with Gasteiger partial charge < -0.3 is 4.90 Å². The Kier molecular flexibility index (Phi) is 7.91. The topological polar surface area (TPSA) is 16.1 Å². The first-order valence-electron chi connectivity index (χ1n) is 10.00. The lowest BCUT2D eigenvalue weighted by Gasteiger charge is -2.15. The number of rotatable bonds is 8. The van der Waals surface area contributed by atoms with E-state index in [1.165, 1.54) is 47.4 Å². The van der Waals surface area contributed by atoms with E-state index < -0.39 is 0 Å². The molecule has 0 saturated carbocycles. The smallest absolute Gasteiger partial charge is 0.0919 e. The molecule has 0 atom stereocenters. The van der Waals surface area contributed by atoms with Crippen molar-refractivity contribution in [2.24, 2.45) is 0 Å². The van der Waals surface area contributed by atoms with Crippen LogP contribution in [0.2, 0.25) is 5.02 Å². The molecule has 0 N–H and O–H groups in total. The van der Waals surface area contributed by atoms with Crippen LogP contribution in [-0.4, -0.2) is 29.4 Å². The molecule has 0 bridgehead atoms. The first kappa shape index (κ1) is 20.9. The molecule has 1 heterocycles. The average molecular weight is 411 g/mol. The van der Waals surface area contributed by atoms with Gasteiger partial charge in [0.25, 0.3) is 0 Å². The largest absolute Gasteiger partial charge is 0.306 e. The molecule has 0 aliphatic carbocycles. The number of hydrogen-bond acceptors (Lipinski definition) is 3. The molecule has 1 aromatic heterocycles. The van der Waals surface area contributed by atoms with Crippen molar-refractivity contribution in [1.29, 1.82) is 0 Å². The summed E-state index contributed by atoms with van der Waals surface area (Å²) in [4.78, 5) is 2.42. The Morgan fingerprint density at radius 2 is 1.82 bits per heavy atom. The van der Waals surface area contributed by atoms with Gasteiger partial charge in [-0.25, -0.2) is 0 Å². The van der Waals surface area contributed by atoms with Crippen LogP contribution in [0.15, 0.2) is 42.5 Å². The summed E-state index contributed by atoms with van der Waals surface area (Å²) in [7, 11) is 2.21. The van der Waals surface area contributed by atoms with E-state index in [4.69, 9.17) is 11.6 Å². The van der Waals surface area contributed by atoms with E-state index in [0.717, 1.165) is 41.2 Å². The number of benzene rings is 2. The minimum atomic E-state index is 0.744. The molecule has 0 aliphatic rings.